The third kappa shape index (κ3) is 2.87. The molecule has 0 aliphatic rings. The van der Waals surface area contributed by atoms with E-state index in [0.29, 0.717) is 0 Å². The van der Waals surface area contributed by atoms with Crippen molar-refractivity contribution in [1.29, 1.82) is 0 Å². The second kappa shape index (κ2) is 5.57. The van der Waals surface area contributed by atoms with Crippen LogP contribution in [0.25, 0.3) is 22.3 Å². The van der Waals surface area contributed by atoms with Gasteiger partial charge < -0.3 is 0 Å². The molecule has 0 atom stereocenters. The number of halogens is 1. The first-order valence-electron chi connectivity index (χ1n) is 6.24. The SMILES string of the molecule is Ic1ccc(-c2ccc(-c3ccccc3)cc2)cc1. The van der Waals surface area contributed by atoms with Gasteiger partial charge in [0.2, 0.25) is 0 Å². The molecule has 3 aromatic carbocycles. The number of hydrogen-bond donors (Lipinski definition) is 0. The second-order valence-corrected chi connectivity index (χ2v) is 5.70. The lowest BCUT2D eigenvalue weighted by molar-refractivity contribution is 1.57. The van der Waals surface area contributed by atoms with E-state index in [2.05, 4.69) is 95.4 Å². The quantitative estimate of drug-likeness (QED) is 0.523. The van der Waals surface area contributed by atoms with Crippen LogP contribution in [0, 0.1) is 3.57 Å². The minimum atomic E-state index is 1.26. The maximum absolute atomic E-state index is 2.33. The molecule has 0 radical (unpaired) electrons. The van der Waals surface area contributed by atoms with Crippen LogP contribution in [0.1, 0.15) is 0 Å². The van der Waals surface area contributed by atoms with Crippen LogP contribution in [0.5, 0.6) is 0 Å². The molecule has 0 saturated carbocycles. The molecular weight excluding hydrogens is 343 g/mol. The Balaban J connectivity index is 1.93. The highest BCUT2D eigenvalue weighted by atomic mass is 127. The van der Waals surface area contributed by atoms with E-state index in [-0.39, 0.29) is 0 Å². The summed E-state index contributed by atoms with van der Waals surface area (Å²) >= 11 is 2.33. The van der Waals surface area contributed by atoms with Gasteiger partial charge in [0.05, 0.1) is 0 Å². The van der Waals surface area contributed by atoms with Crippen LogP contribution >= 0.6 is 22.6 Å². The predicted molar refractivity (Wildman–Crippen MR) is 90.0 cm³/mol. The average molecular weight is 356 g/mol. The molecule has 0 nitrogen and oxygen atoms in total. The van der Waals surface area contributed by atoms with Crippen LogP contribution in [0.15, 0.2) is 78.9 Å². The van der Waals surface area contributed by atoms with E-state index in [1.165, 1.54) is 25.8 Å². The molecule has 3 rings (SSSR count). The van der Waals surface area contributed by atoms with E-state index in [9.17, 15) is 0 Å². The lowest BCUT2D eigenvalue weighted by atomic mass is 10.0. The molecule has 0 spiro atoms. The van der Waals surface area contributed by atoms with Gasteiger partial charge in [-0.25, -0.2) is 0 Å². The third-order valence-electron chi connectivity index (χ3n) is 3.17. The Morgan fingerprint density at radius 2 is 0.789 bits per heavy atom. The minimum Gasteiger partial charge on any atom is -0.0622 e. The summed E-state index contributed by atoms with van der Waals surface area (Å²) in [7, 11) is 0. The monoisotopic (exact) mass is 356 g/mol. The zero-order valence-electron chi connectivity index (χ0n) is 10.4. The van der Waals surface area contributed by atoms with Gasteiger partial charge in [-0.2, -0.15) is 0 Å². The molecule has 0 aromatic heterocycles. The molecule has 0 unspecified atom stereocenters. The van der Waals surface area contributed by atoms with E-state index in [1.54, 1.807) is 0 Å². The van der Waals surface area contributed by atoms with Crippen LogP contribution in [0.2, 0.25) is 0 Å². The normalized spacial score (nSPS) is 10.4. The fraction of sp³-hybridized carbons (Fsp3) is 0. The number of rotatable bonds is 2. The lowest BCUT2D eigenvalue weighted by Crippen LogP contribution is -1.80. The van der Waals surface area contributed by atoms with E-state index < -0.39 is 0 Å². The molecule has 0 aliphatic carbocycles. The molecule has 0 aliphatic heterocycles. The van der Waals surface area contributed by atoms with Crippen molar-refractivity contribution in [2.45, 2.75) is 0 Å². The van der Waals surface area contributed by atoms with E-state index in [4.69, 9.17) is 0 Å². The molecule has 19 heavy (non-hydrogen) atoms. The maximum atomic E-state index is 2.33. The van der Waals surface area contributed by atoms with Crippen molar-refractivity contribution in [3.05, 3.63) is 82.4 Å². The summed E-state index contributed by atoms with van der Waals surface area (Å²) in [5.41, 5.74) is 5.04. The molecule has 0 fully saturated rings. The van der Waals surface area contributed by atoms with Gasteiger partial charge in [-0.3, -0.25) is 0 Å². The fourth-order valence-corrected chi connectivity index (χ4v) is 2.49. The first kappa shape index (κ1) is 12.4. The number of benzene rings is 3. The fourth-order valence-electron chi connectivity index (χ4n) is 2.13. The topological polar surface area (TPSA) is 0 Å². The molecule has 92 valence electrons. The van der Waals surface area contributed by atoms with Crippen molar-refractivity contribution in [2.75, 3.05) is 0 Å². The van der Waals surface area contributed by atoms with Crippen molar-refractivity contribution >= 4 is 22.6 Å². The summed E-state index contributed by atoms with van der Waals surface area (Å²) in [5, 5.41) is 0. The van der Waals surface area contributed by atoms with Crippen molar-refractivity contribution in [3.8, 4) is 22.3 Å². The Labute approximate surface area is 127 Å². The van der Waals surface area contributed by atoms with Gasteiger partial charge in [0.15, 0.2) is 0 Å². The molecule has 0 heterocycles. The van der Waals surface area contributed by atoms with Gasteiger partial charge in [-0.1, -0.05) is 66.7 Å². The standard InChI is InChI=1S/C18H13I/c19-18-12-10-17(11-13-18)16-8-6-15(7-9-16)14-4-2-1-3-5-14/h1-13H. The minimum absolute atomic E-state index is 1.26. The van der Waals surface area contributed by atoms with Crippen molar-refractivity contribution < 1.29 is 0 Å². The van der Waals surface area contributed by atoms with Gasteiger partial charge in [-0.15, -0.1) is 0 Å². The summed E-state index contributed by atoms with van der Waals surface area (Å²) in [6.45, 7) is 0. The van der Waals surface area contributed by atoms with Crippen molar-refractivity contribution in [1.82, 2.24) is 0 Å². The van der Waals surface area contributed by atoms with Gasteiger partial charge >= 0.3 is 0 Å². The van der Waals surface area contributed by atoms with E-state index >= 15 is 0 Å². The Bertz CT molecular complexity index is 652. The highest BCUT2D eigenvalue weighted by Crippen LogP contribution is 2.25. The van der Waals surface area contributed by atoms with Gasteiger partial charge in [0.1, 0.15) is 0 Å². The summed E-state index contributed by atoms with van der Waals surface area (Å²) in [6, 6.07) is 27.8. The molecule has 0 N–H and O–H groups in total. The average Bonchev–Trinajstić information content (AvgIpc) is 2.49. The van der Waals surface area contributed by atoms with E-state index in [1.807, 2.05) is 6.07 Å². The largest absolute Gasteiger partial charge is 0.0622 e. The van der Waals surface area contributed by atoms with Crippen LogP contribution in [0.4, 0.5) is 0 Å². The highest BCUT2D eigenvalue weighted by molar-refractivity contribution is 14.1. The first-order chi connectivity index (χ1) is 9.33. The van der Waals surface area contributed by atoms with Crippen molar-refractivity contribution in [2.24, 2.45) is 0 Å². The summed E-state index contributed by atoms with van der Waals surface area (Å²) in [4.78, 5) is 0. The van der Waals surface area contributed by atoms with Crippen molar-refractivity contribution in [3.63, 3.8) is 0 Å². The number of hydrogen-bond acceptors (Lipinski definition) is 0. The zero-order valence-corrected chi connectivity index (χ0v) is 12.5. The Kier molecular flexibility index (Phi) is 3.65. The lowest BCUT2D eigenvalue weighted by Gasteiger charge is -2.05. The first-order valence-corrected chi connectivity index (χ1v) is 7.32. The van der Waals surface area contributed by atoms with Gasteiger partial charge in [-0.05, 0) is 57.0 Å². The molecule has 1 heteroatoms. The summed E-state index contributed by atoms with van der Waals surface area (Å²) in [5.74, 6) is 0. The Morgan fingerprint density at radius 1 is 0.421 bits per heavy atom. The van der Waals surface area contributed by atoms with Gasteiger partial charge in [0.25, 0.3) is 0 Å². The van der Waals surface area contributed by atoms with E-state index in [0.717, 1.165) is 0 Å². The maximum Gasteiger partial charge on any atom is 0.0130 e. The zero-order chi connectivity index (χ0) is 13.1. The predicted octanol–water partition coefficient (Wildman–Crippen LogP) is 5.63. The van der Waals surface area contributed by atoms with Gasteiger partial charge in [0, 0.05) is 3.57 Å². The van der Waals surface area contributed by atoms with Crippen LogP contribution in [-0.2, 0) is 0 Å². The second-order valence-electron chi connectivity index (χ2n) is 4.45. The molecule has 3 aromatic rings. The highest BCUT2D eigenvalue weighted by Gasteiger charge is 1.99. The molecular formula is C18H13I. The smallest absolute Gasteiger partial charge is 0.0130 e. The summed E-state index contributed by atoms with van der Waals surface area (Å²) in [6.07, 6.45) is 0. The molecule has 0 amide bonds. The summed E-state index contributed by atoms with van der Waals surface area (Å²) < 4.78 is 1.27. The Morgan fingerprint density at radius 3 is 1.26 bits per heavy atom. The van der Waals surface area contributed by atoms with Crippen LogP contribution in [0.3, 0.4) is 0 Å². The van der Waals surface area contributed by atoms with Crippen LogP contribution in [-0.4, -0.2) is 0 Å². The third-order valence-corrected chi connectivity index (χ3v) is 3.89. The molecule has 0 bridgehead atoms. The Hall–Kier alpha value is -1.61. The van der Waals surface area contributed by atoms with Crippen LogP contribution < -0.4 is 0 Å². The molecule has 0 saturated heterocycles.